The number of carbonyl (C=O) groups is 4. The Bertz CT molecular complexity index is 702. The summed E-state index contributed by atoms with van der Waals surface area (Å²) < 4.78 is 0. The van der Waals surface area contributed by atoms with Gasteiger partial charge in [0.2, 0.25) is 0 Å². The van der Waals surface area contributed by atoms with Crippen LogP contribution in [0.3, 0.4) is 0 Å². The predicted molar refractivity (Wildman–Crippen MR) is 75.0 cm³/mol. The van der Waals surface area contributed by atoms with Gasteiger partial charge < -0.3 is 26.0 Å². The first-order valence-corrected chi connectivity index (χ1v) is 6.55. The van der Waals surface area contributed by atoms with E-state index in [2.05, 4.69) is 0 Å². The average Bonchev–Trinajstić information content (AvgIpc) is 2.86. The number of hydrogen-bond acceptors (Lipinski definition) is 5. The lowest BCUT2D eigenvalue weighted by atomic mass is 9.98. The first kappa shape index (κ1) is 16.4. The van der Waals surface area contributed by atoms with E-state index in [-0.39, 0.29) is 11.1 Å². The van der Waals surface area contributed by atoms with Gasteiger partial charge in [-0.15, -0.1) is 0 Å². The van der Waals surface area contributed by atoms with Gasteiger partial charge in [-0.1, -0.05) is 6.07 Å². The number of nitrogens with zero attached hydrogens (tertiary/aromatic N) is 1. The first-order chi connectivity index (χ1) is 10.7. The number of nitrogens with two attached hydrogens (primary N) is 1. The molecule has 0 unspecified atom stereocenters. The number of benzene rings is 1. The molecule has 0 aromatic heterocycles. The number of carboxylic acids is 3. The fourth-order valence-electron chi connectivity index (χ4n) is 2.47. The second-order valence-corrected chi connectivity index (χ2v) is 5.34. The third-order valence-electron chi connectivity index (χ3n) is 3.71. The molecule has 9 nitrogen and oxygen atoms in total. The van der Waals surface area contributed by atoms with Gasteiger partial charge in [0, 0.05) is 12.0 Å². The van der Waals surface area contributed by atoms with Crippen molar-refractivity contribution < 1.29 is 34.5 Å². The fraction of sp³-hybridized carbons (Fsp3) is 0.286. The van der Waals surface area contributed by atoms with Crippen molar-refractivity contribution in [3.05, 3.63) is 35.4 Å². The summed E-state index contributed by atoms with van der Waals surface area (Å²) in [6, 6.07) is 3.65. The Labute approximate surface area is 129 Å². The Hall–Kier alpha value is -2.94. The van der Waals surface area contributed by atoms with Crippen LogP contribution in [0.25, 0.3) is 0 Å². The summed E-state index contributed by atoms with van der Waals surface area (Å²) in [5.41, 5.74) is 3.62. The largest absolute Gasteiger partial charge is 0.480 e. The number of hydrogen-bond donors (Lipinski definition) is 4. The monoisotopic (exact) mass is 322 g/mol. The van der Waals surface area contributed by atoms with E-state index < -0.39 is 48.4 Å². The predicted octanol–water partition coefficient (Wildman–Crippen LogP) is -0.534. The van der Waals surface area contributed by atoms with E-state index >= 15 is 0 Å². The average molecular weight is 322 g/mol. The van der Waals surface area contributed by atoms with Crippen LogP contribution < -0.4 is 5.73 Å². The van der Waals surface area contributed by atoms with Crippen LogP contribution in [-0.2, 0) is 9.59 Å². The molecule has 0 bridgehead atoms. The van der Waals surface area contributed by atoms with Crippen molar-refractivity contribution >= 4 is 23.8 Å². The Morgan fingerprint density at radius 1 is 1.13 bits per heavy atom. The number of aliphatic carboxylic acids is 2. The number of carboxylic acid groups (broad SMARTS) is 3. The van der Waals surface area contributed by atoms with Crippen LogP contribution in [-0.4, -0.2) is 62.2 Å². The maximum atomic E-state index is 12.5. The Kier molecular flexibility index (Phi) is 4.06. The zero-order valence-electron chi connectivity index (χ0n) is 11.8. The third kappa shape index (κ3) is 2.99. The van der Waals surface area contributed by atoms with Crippen LogP contribution in [0.4, 0.5) is 0 Å². The maximum absolute atomic E-state index is 12.5. The van der Waals surface area contributed by atoms with E-state index in [1.54, 1.807) is 0 Å². The third-order valence-corrected chi connectivity index (χ3v) is 3.71. The summed E-state index contributed by atoms with van der Waals surface area (Å²) in [4.78, 5) is 46.8. The molecule has 1 saturated heterocycles. The Morgan fingerprint density at radius 3 is 2.26 bits per heavy atom. The normalized spacial score (nSPS) is 23.5. The molecule has 0 aliphatic carbocycles. The number of likely N-dealkylation sites (tertiary alicyclic amines) is 1. The van der Waals surface area contributed by atoms with Crippen molar-refractivity contribution in [3.63, 3.8) is 0 Å². The van der Waals surface area contributed by atoms with Crippen LogP contribution in [0.15, 0.2) is 24.3 Å². The van der Waals surface area contributed by atoms with Crippen molar-refractivity contribution in [2.45, 2.75) is 18.0 Å². The molecule has 1 amide bonds. The van der Waals surface area contributed by atoms with Crippen molar-refractivity contribution in [3.8, 4) is 0 Å². The summed E-state index contributed by atoms with van der Waals surface area (Å²) in [6.45, 7) is -0.477. The number of carbonyl (C=O) groups excluding carboxylic acids is 1. The van der Waals surface area contributed by atoms with Gasteiger partial charge >= 0.3 is 17.9 Å². The van der Waals surface area contributed by atoms with E-state index in [0.29, 0.717) is 0 Å². The molecule has 1 aliphatic rings. The van der Waals surface area contributed by atoms with Crippen molar-refractivity contribution in [1.29, 1.82) is 0 Å². The Balaban J connectivity index is 2.37. The van der Waals surface area contributed by atoms with E-state index in [1.165, 1.54) is 18.2 Å². The first-order valence-electron chi connectivity index (χ1n) is 6.55. The molecule has 1 fully saturated rings. The second-order valence-electron chi connectivity index (χ2n) is 5.34. The molecule has 2 atom stereocenters. The van der Waals surface area contributed by atoms with Crippen LogP contribution in [0.1, 0.15) is 27.1 Å². The fourth-order valence-corrected chi connectivity index (χ4v) is 2.47. The molecule has 122 valence electrons. The quantitative estimate of drug-likeness (QED) is 0.575. The molecule has 1 heterocycles. The molecule has 0 radical (unpaired) electrons. The molecule has 23 heavy (non-hydrogen) atoms. The van der Waals surface area contributed by atoms with Gasteiger partial charge in [-0.25, -0.2) is 9.59 Å². The standard InChI is InChI=1S/C14H14N2O7/c15-14(13(22)23)5-9(12(20)21)16(6-14)10(17)7-2-1-3-8(4-7)11(18)19/h1-4,9H,5-6,15H2,(H,18,19)(H,20,21)(H,22,23)/t9-,14+/m1/s1. The minimum absolute atomic E-state index is 0.0502. The minimum atomic E-state index is -1.86. The van der Waals surface area contributed by atoms with Crippen LogP contribution >= 0.6 is 0 Å². The summed E-state index contributed by atoms with van der Waals surface area (Å²) >= 11 is 0. The molecule has 1 aromatic carbocycles. The van der Waals surface area contributed by atoms with Gasteiger partial charge in [-0.05, 0) is 18.2 Å². The number of aromatic carboxylic acids is 1. The minimum Gasteiger partial charge on any atom is -0.480 e. The molecule has 5 N–H and O–H groups in total. The molecule has 1 aliphatic heterocycles. The van der Waals surface area contributed by atoms with Gasteiger partial charge in [0.1, 0.15) is 11.6 Å². The lowest BCUT2D eigenvalue weighted by Gasteiger charge is -2.22. The summed E-state index contributed by atoms with van der Waals surface area (Å²) in [7, 11) is 0. The highest BCUT2D eigenvalue weighted by molar-refractivity contribution is 6.00. The highest BCUT2D eigenvalue weighted by Gasteiger charge is 2.51. The highest BCUT2D eigenvalue weighted by Crippen LogP contribution is 2.27. The van der Waals surface area contributed by atoms with E-state index in [1.807, 2.05) is 0 Å². The molecule has 0 saturated carbocycles. The van der Waals surface area contributed by atoms with E-state index in [0.717, 1.165) is 11.0 Å². The highest BCUT2D eigenvalue weighted by atomic mass is 16.4. The second kappa shape index (κ2) is 5.69. The molecule has 9 heteroatoms. The van der Waals surface area contributed by atoms with Gasteiger partial charge in [0.25, 0.3) is 5.91 Å². The topological polar surface area (TPSA) is 158 Å². The van der Waals surface area contributed by atoms with Gasteiger partial charge in [0.15, 0.2) is 0 Å². The van der Waals surface area contributed by atoms with Crippen molar-refractivity contribution in [1.82, 2.24) is 4.90 Å². The number of rotatable bonds is 4. The summed E-state index contributed by atoms with van der Waals surface area (Å²) in [5, 5.41) is 27.3. The zero-order chi connectivity index (χ0) is 17.4. The van der Waals surface area contributed by atoms with Crippen LogP contribution in [0.5, 0.6) is 0 Å². The van der Waals surface area contributed by atoms with Crippen LogP contribution in [0.2, 0.25) is 0 Å². The molecule has 1 aromatic rings. The van der Waals surface area contributed by atoms with Crippen molar-refractivity contribution in [2.24, 2.45) is 5.73 Å². The molecular formula is C14H14N2O7. The van der Waals surface area contributed by atoms with Gasteiger partial charge in [-0.2, -0.15) is 0 Å². The van der Waals surface area contributed by atoms with Gasteiger partial charge in [0.05, 0.1) is 12.1 Å². The molecule has 2 rings (SSSR count). The van der Waals surface area contributed by atoms with Crippen LogP contribution in [0, 0.1) is 0 Å². The SMILES string of the molecule is N[C@@]1(C(=O)O)C[C@H](C(=O)O)N(C(=O)c2cccc(C(=O)O)c2)C1. The smallest absolute Gasteiger partial charge is 0.335 e. The summed E-state index contributed by atoms with van der Waals surface area (Å²) in [6.07, 6.45) is -0.429. The zero-order valence-corrected chi connectivity index (χ0v) is 11.8. The summed E-state index contributed by atoms with van der Waals surface area (Å²) in [5.74, 6) is -4.80. The number of amides is 1. The van der Waals surface area contributed by atoms with Crippen molar-refractivity contribution in [2.75, 3.05) is 6.54 Å². The van der Waals surface area contributed by atoms with E-state index in [4.69, 9.17) is 15.9 Å². The maximum Gasteiger partial charge on any atom is 0.335 e. The van der Waals surface area contributed by atoms with E-state index in [9.17, 15) is 24.3 Å². The lowest BCUT2D eigenvalue weighted by molar-refractivity contribution is -0.143. The molecule has 0 spiro atoms. The molecular weight excluding hydrogens is 308 g/mol. The Morgan fingerprint density at radius 2 is 1.74 bits per heavy atom. The lowest BCUT2D eigenvalue weighted by Crippen LogP contribution is -2.50. The van der Waals surface area contributed by atoms with Gasteiger partial charge in [-0.3, -0.25) is 9.59 Å².